The smallest absolute Gasteiger partial charge is 0.350 e. The Bertz CT molecular complexity index is 1020. The van der Waals surface area contributed by atoms with Crippen molar-refractivity contribution in [1.29, 1.82) is 0 Å². The number of methoxy groups -OCH3 is 1. The highest BCUT2D eigenvalue weighted by Crippen LogP contribution is 2.26. The lowest BCUT2D eigenvalue weighted by molar-refractivity contribution is -0.385. The van der Waals surface area contributed by atoms with Crippen LogP contribution in [0.15, 0.2) is 36.8 Å². The van der Waals surface area contributed by atoms with E-state index in [0.29, 0.717) is 5.56 Å². The number of rotatable bonds is 7. The van der Waals surface area contributed by atoms with Gasteiger partial charge in [-0.1, -0.05) is 18.2 Å². The second-order valence-electron chi connectivity index (χ2n) is 5.78. The number of nitrogens with zero attached hydrogens (tertiary/aromatic N) is 6. The Morgan fingerprint density at radius 2 is 2.14 bits per heavy atom. The molecule has 2 heterocycles. The fraction of sp³-hybridized carbons (Fsp3) is 0.250. The summed E-state index contributed by atoms with van der Waals surface area (Å²) in [5.41, 5.74) is 0.0732. The largest absolute Gasteiger partial charge is 0.475 e. The number of anilines is 1. The van der Waals surface area contributed by atoms with E-state index < -0.39 is 16.9 Å². The molecule has 0 aliphatic rings. The number of benzene rings is 1. The first-order chi connectivity index (χ1) is 13.4. The van der Waals surface area contributed by atoms with E-state index in [1.54, 1.807) is 18.2 Å². The van der Waals surface area contributed by atoms with E-state index in [9.17, 15) is 19.3 Å². The number of hydrogen-bond donors (Lipinski definition) is 1. The van der Waals surface area contributed by atoms with E-state index in [2.05, 4.69) is 20.5 Å². The molecule has 0 spiro atoms. The average Bonchev–Trinajstić information content (AvgIpc) is 3.29. The van der Waals surface area contributed by atoms with Crippen LogP contribution in [0.4, 0.5) is 16.0 Å². The van der Waals surface area contributed by atoms with Gasteiger partial charge in [-0.3, -0.25) is 20.2 Å². The number of aromatic nitrogens is 5. The maximum absolute atomic E-state index is 13.7. The van der Waals surface area contributed by atoms with Crippen molar-refractivity contribution in [3.8, 4) is 5.88 Å². The maximum atomic E-state index is 13.7. The first kappa shape index (κ1) is 18.9. The van der Waals surface area contributed by atoms with Crippen LogP contribution in [0.1, 0.15) is 18.5 Å². The van der Waals surface area contributed by atoms with Crippen LogP contribution in [0.25, 0.3) is 0 Å². The van der Waals surface area contributed by atoms with Gasteiger partial charge in [0.15, 0.2) is 0 Å². The van der Waals surface area contributed by atoms with Crippen LogP contribution in [-0.2, 0) is 11.3 Å². The van der Waals surface area contributed by atoms with E-state index in [0.717, 1.165) is 10.9 Å². The van der Waals surface area contributed by atoms with Crippen molar-refractivity contribution >= 4 is 17.5 Å². The molecule has 0 aliphatic carbocycles. The molecular weight excluding hydrogens is 373 g/mol. The van der Waals surface area contributed by atoms with Gasteiger partial charge < -0.3 is 4.74 Å². The molecule has 0 aliphatic heterocycles. The highest BCUT2D eigenvalue weighted by Gasteiger charge is 2.25. The molecular formula is C16H16FN7O4. The number of hydrogen-bond acceptors (Lipinski definition) is 7. The molecule has 11 nitrogen and oxygen atoms in total. The highest BCUT2D eigenvalue weighted by atomic mass is 19.1. The van der Waals surface area contributed by atoms with E-state index >= 15 is 0 Å². The zero-order valence-electron chi connectivity index (χ0n) is 14.9. The van der Waals surface area contributed by atoms with E-state index in [1.807, 2.05) is 0 Å². The van der Waals surface area contributed by atoms with Gasteiger partial charge in [-0.2, -0.15) is 0 Å². The Hall–Kier alpha value is -3.83. The quantitative estimate of drug-likeness (QED) is 0.481. The molecule has 1 N–H and O–H groups in total. The van der Waals surface area contributed by atoms with Crippen LogP contribution in [-0.4, -0.2) is 42.5 Å². The number of nitro groups is 1. The first-order valence-corrected chi connectivity index (χ1v) is 8.10. The third-order valence-corrected chi connectivity index (χ3v) is 3.91. The van der Waals surface area contributed by atoms with E-state index in [-0.39, 0.29) is 29.9 Å². The Morgan fingerprint density at radius 3 is 2.79 bits per heavy atom. The van der Waals surface area contributed by atoms with Crippen molar-refractivity contribution in [2.24, 2.45) is 0 Å². The molecule has 1 amide bonds. The van der Waals surface area contributed by atoms with Gasteiger partial charge in [0, 0.05) is 5.56 Å². The van der Waals surface area contributed by atoms with Gasteiger partial charge in [-0.05, 0) is 13.0 Å². The van der Waals surface area contributed by atoms with Gasteiger partial charge in [0.25, 0.3) is 5.91 Å². The molecule has 0 bridgehead atoms. The minimum Gasteiger partial charge on any atom is -0.475 e. The summed E-state index contributed by atoms with van der Waals surface area (Å²) in [6, 6.07) is 5.36. The monoisotopic (exact) mass is 389 g/mol. The Kier molecular flexibility index (Phi) is 5.29. The summed E-state index contributed by atoms with van der Waals surface area (Å²) in [5.74, 6) is -1.09. The lowest BCUT2D eigenvalue weighted by atomic mass is 10.2. The molecule has 2 aromatic heterocycles. The predicted molar refractivity (Wildman–Crippen MR) is 94.3 cm³/mol. The number of carbonyl (C=O) groups excluding carboxylic acids is 1. The molecule has 1 unspecified atom stereocenters. The molecule has 0 radical (unpaired) electrons. The third kappa shape index (κ3) is 3.95. The first-order valence-electron chi connectivity index (χ1n) is 8.10. The molecule has 0 fully saturated rings. The number of ether oxygens (including phenoxy) is 1. The van der Waals surface area contributed by atoms with Gasteiger partial charge in [0.2, 0.25) is 5.95 Å². The summed E-state index contributed by atoms with van der Waals surface area (Å²) in [7, 11) is 1.25. The summed E-state index contributed by atoms with van der Waals surface area (Å²) in [6.07, 6.45) is 2.46. The molecule has 28 heavy (non-hydrogen) atoms. The van der Waals surface area contributed by atoms with Gasteiger partial charge >= 0.3 is 11.6 Å². The summed E-state index contributed by atoms with van der Waals surface area (Å²) in [4.78, 5) is 26.7. The second-order valence-corrected chi connectivity index (χ2v) is 5.78. The van der Waals surface area contributed by atoms with Crippen molar-refractivity contribution in [3.63, 3.8) is 0 Å². The fourth-order valence-corrected chi connectivity index (χ4v) is 2.40. The maximum Gasteiger partial charge on any atom is 0.350 e. The fourth-order valence-electron chi connectivity index (χ4n) is 2.40. The molecule has 3 rings (SSSR count). The SMILES string of the molecule is COc1nn(C(C)C(=O)Nc2ncn(Cc3ccccc3F)n2)cc1[N+](=O)[O-]. The molecule has 146 valence electrons. The van der Waals surface area contributed by atoms with Gasteiger partial charge in [-0.15, -0.1) is 10.2 Å². The van der Waals surface area contributed by atoms with Crippen LogP contribution in [0.2, 0.25) is 0 Å². The molecule has 1 aromatic carbocycles. The summed E-state index contributed by atoms with van der Waals surface area (Å²) in [6.45, 7) is 1.65. The summed E-state index contributed by atoms with van der Waals surface area (Å²) < 4.78 is 21.0. The van der Waals surface area contributed by atoms with Crippen LogP contribution < -0.4 is 10.1 Å². The minimum atomic E-state index is -0.888. The Balaban J connectivity index is 1.69. The minimum absolute atomic E-state index is 0.0156. The second kappa shape index (κ2) is 7.82. The summed E-state index contributed by atoms with van der Waals surface area (Å²) >= 11 is 0. The Morgan fingerprint density at radius 1 is 1.39 bits per heavy atom. The lowest BCUT2D eigenvalue weighted by Gasteiger charge is -2.10. The number of halogens is 1. The van der Waals surface area contributed by atoms with Gasteiger partial charge in [0.1, 0.15) is 24.4 Å². The molecule has 0 saturated carbocycles. The van der Waals surface area contributed by atoms with Crippen LogP contribution in [0.3, 0.4) is 0 Å². The molecule has 1 atom stereocenters. The standard InChI is InChI=1S/C16H16FN7O4/c1-10(23-8-13(24(26)27)15(20-23)28-2)14(25)19-16-18-9-22(21-16)7-11-5-3-4-6-12(11)17/h3-6,8-10H,7H2,1-2H3,(H,19,21,25). The van der Waals surface area contributed by atoms with Crippen molar-refractivity contribution < 1.29 is 18.8 Å². The molecule has 3 aromatic rings. The molecule has 0 saturated heterocycles. The normalized spacial score (nSPS) is 11.8. The van der Waals surface area contributed by atoms with Gasteiger partial charge in [0.05, 0.1) is 18.6 Å². The zero-order valence-corrected chi connectivity index (χ0v) is 14.9. The van der Waals surface area contributed by atoms with Crippen LogP contribution in [0.5, 0.6) is 5.88 Å². The van der Waals surface area contributed by atoms with E-state index in [4.69, 9.17) is 4.74 Å². The van der Waals surface area contributed by atoms with Crippen LogP contribution in [0, 0.1) is 15.9 Å². The van der Waals surface area contributed by atoms with Crippen molar-refractivity contribution in [2.75, 3.05) is 12.4 Å². The highest BCUT2D eigenvalue weighted by molar-refractivity contribution is 5.91. The topological polar surface area (TPSA) is 130 Å². The molecule has 12 heteroatoms. The number of nitrogens with one attached hydrogen (secondary N) is 1. The van der Waals surface area contributed by atoms with Crippen molar-refractivity contribution in [3.05, 3.63) is 58.3 Å². The number of amides is 1. The number of carbonyl (C=O) groups is 1. The van der Waals surface area contributed by atoms with Crippen molar-refractivity contribution in [2.45, 2.75) is 19.5 Å². The predicted octanol–water partition coefficient (Wildman–Crippen LogP) is 1.78. The van der Waals surface area contributed by atoms with Crippen LogP contribution >= 0.6 is 0 Å². The summed E-state index contributed by atoms with van der Waals surface area (Å²) in [5, 5.41) is 21.4. The zero-order chi connectivity index (χ0) is 20.3. The van der Waals surface area contributed by atoms with Gasteiger partial charge in [-0.25, -0.2) is 18.7 Å². The Labute approximate surface area is 157 Å². The van der Waals surface area contributed by atoms with Crippen molar-refractivity contribution in [1.82, 2.24) is 24.5 Å². The third-order valence-electron chi connectivity index (χ3n) is 3.91. The average molecular weight is 389 g/mol. The van der Waals surface area contributed by atoms with E-state index in [1.165, 1.54) is 31.1 Å². The lowest BCUT2D eigenvalue weighted by Crippen LogP contribution is -2.24.